The number of hydrogen-bond donors (Lipinski definition) is 1. The Bertz CT molecular complexity index is 659. The molecule has 0 bridgehead atoms. The average Bonchev–Trinajstić information content (AvgIpc) is 2.59. The molecule has 4 heteroatoms. The lowest BCUT2D eigenvalue weighted by molar-refractivity contribution is -0.136. The number of nitrogens with zero attached hydrogens (tertiary/aromatic N) is 1. The largest absolute Gasteiger partial charge is 0.339 e. The highest BCUT2D eigenvalue weighted by atomic mass is 35.5. The summed E-state index contributed by atoms with van der Waals surface area (Å²) in [6, 6.07) is 16.9. The fourth-order valence-corrected chi connectivity index (χ4v) is 2.82. The summed E-state index contributed by atoms with van der Waals surface area (Å²) in [4.78, 5) is 14.5. The fraction of sp³-hybridized carbons (Fsp3) is 0.316. The second kappa shape index (κ2) is 7.62. The molecule has 3 unspecified atom stereocenters. The Balaban J connectivity index is 2.12. The van der Waals surface area contributed by atoms with Crippen LogP contribution >= 0.6 is 11.6 Å². The van der Waals surface area contributed by atoms with E-state index < -0.39 is 0 Å². The lowest BCUT2D eigenvalue weighted by atomic mass is 9.93. The molecule has 0 aliphatic heterocycles. The maximum Gasteiger partial charge on any atom is 0.227 e. The quantitative estimate of drug-likeness (QED) is 0.893. The van der Waals surface area contributed by atoms with Gasteiger partial charge in [0, 0.05) is 18.1 Å². The molecule has 2 aromatic carbocycles. The van der Waals surface area contributed by atoms with Crippen LogP contribution in [0.5, 0.6) is 0 Å². The normalized spacial score (nSPS) is 14.8. The first kappa shape index (κ1) is 17.5. The van der Waals surface area contributed by atoms with E-state index in [0.29, 0.717) is 5.02 Å². The van der Waals surface area contributed by atoms with Gasteiger partial charge in [-0.2, -0.15) is 0 Å². The molecular weight excluding hydrogens is 308 g/mol. The number of carbonyl (C=O) groups is 1. The third-order valence-corrected chi connectivity index (χ3v) is 4.61. The average molecular weight is 331 g/mol. The maximum atomic E-state index is 12.8. The lowest BCUT2D eigenvalue weighted by Crippen LogP contribution is -2.38. The van der Waals surface area contributed by atoms with Gasteiger partial charge in [-0.05, 0) is 30.2 Å². The summed E-state index contributed by atoms with van der Waals surface area (Å²) >= 11 is 6.04. The summed E-state index contributed by atoms with van der Waals surface area (Å²) in [5, 5.41) is 0.671. The molecule has 1 amide bonds. The molecule has 3 nitrogen and oxygen atoms in total. The van der Waals surface area contributed by atoms with Crippen LogP contribution in [0.4, 0.5) is 0 Å². The van der Waals surface area contributed by atoms with Crippen molar-refractivity contribution >= 4 is 17.5 Å². The first-order chi connectivity index (χ1) is 10.9. The van der Waals surface area contributed by atoms with Crippen molar-refractivity contribution in [1.29, 1.82) is 0 Å². The van der Waals surface area contributed by atoms with Gasteiger partial charge < -0.3 is 10.6 Å². The molecule has 0 fully saturated rings. The molecular formula is C19H23ClN2O. The molecule has 0 spiro atoms. The molecule has 0 heterocycles. The van der Waals surface area contributed by atoms with E-state index in [-0.39, 0.29) is 23.9 Å². The number of halogens is 1. The van der Waals surface area contributed by atoms with Crippen LogP contribution in [0, 0.1) is 5.92 Å². The summed E-state index contributed by atoms with van der Waals surface area (Å²) in [5.74, 6) is -0.280. The zero-order valence-electron chi connectivity index (χ0n) is 13.7. The fourth-order valence-electron chi connectivity index (χ4n) is 2.62. The minimum atomic E-state index is -0.322. The van der Waals surface area contributed by atoms with E-state index in [9.17, 15) is 4.79 Å². The van der Waals surface area contributed by atoms with Crippen LogP contribution in [0.3, 0.4) is 0 Å². The van der Waals surface area contributed by atoms with Gasteiger partial charge >= 0.3 is 0 Å². The molecule has 3 atom stereocenters. The van der Waals surface area contributed by atoms with Gasteiger partial charge in [0.25, 0.3) is 0 Å². The number of amides is 1. The van der Waals surface area contributed by atoms with Crippen LogP contribution in [-0.4, -0.2) is 17.9 Å². The zero-order valence-corrected chi connectivity index (χ0v) is 14.5. The predicted molar refractivity (Wildman–Crippen MR) is 95.2 cm³/mol. The van der Waals surface area contributed by atoms with E-state index >= 15 is 0 Å². The van der Waals surface area contributed by atoms with Crippen molar-refractivity contribution in [3.63, 3.8) is 0 Å². The SMILES string of the molecule is CC(C(=O)N(C)C(C)c1cccc(Cl)c1)C(N)c1ccccc1. The van der Waals surface area contributed by atoms with Crippen LogP contribution in [0.1, 0.15) is 37.1 Å². The van der Waals surface area contributed by atoms with Gasteiger partial charge in [-0.1, -0.05) is 61.0 Å². The van der Waals surface area contributed by atoms with Crippen molar-refractivity contribution in [3.05, 3.63) is 70.7 Å². The highest BCUT2D eigenvalue weighted by Gasteiger charge is 2.27. The number of hydrogen-bond acceptors (Lipinski definition) is 2. The highest BCUT2D eigenvalue weighted by molar-refractivity contribution is 6.30. The Morgan fingerprint density at radius 2 is 1.65 bits per heavy atom. The van der Waals surface area contributed by atoms with E-state index in [2.05, 4.69) is 0 Å². The van der Waals surface area contributed by atoms with Crippen LogP contribution in [0.2, 0.25) is 5.02 Å². The summed E-state index contributed by atoms with van der Waals surface area (Å²) in [6.07, 6.45) is 0. The van der Waals surface area contributed by atoms with Gasteiger partial charge in [-0.3, -0.25) is 4.79 Å². The van der Waals surface area contributed by atoms with Crippen LogP contribution in [0.15, 0.2) is 54.6 Å². The van der Waals surface area contributed by atoms with Crippen LogP contribution in [-0.2, 0) is 4.79 Å². The van der Waals surface area contributed by atoms with Gasteiger partial charge in [0.2, 0.25) is 5.91 Å². The molecule has 2 N–H and O–H groups in total. The molecule has 2 rings (SSSR count). The standard InChI is InChI=1S/C19H23ClN2O/c1-13(18(21)15-8-5-4-6-9-15)19(23)22(3)14(2)16-10-7-11-17(20)12-16/h4-14,18H,21H2,1-3H3. The van der Waals surface area contributed by atoms with E-state index in [1.54, 1.807) is 4.90 Å². The third-order valence-electron chi connectivity index (χ3n) is 4.37. The summed E-state index contributed by atoms with van der Waals surface area (Å²) < 4.78 is 0. The Morgan fingerprint density at radius 3 is 2.26 bits per heavy atom. The number of carbonyl (C=O) groups excluding carboxylic acids is 1. The molecule has 2 aromatic rings. The van der Waals surface area contributed by atoms with Crippen molar-refractivity contribution in [2.75, 3.05) is 7.05 Å². The summed E-state index contributed by atoms with van der Waals surface area (Å²) in [6.45, 7) is 3.87. The van der Waals surface area contributed by atoms with Crippen LogP contribution < -0.4 is 5.73 Å². The van der Waals surface area contributed by atoms with Crippen molar-refractivity contribution in [2.45, 2.75) is 25.9 Å². The highest BCUT2D eigenvalue weighted by Crippen LogP contribution is 2.26. The second-order valence-electron chi connectivity index (χ2n) is 5.91. The van der Waals surface area contributed by atoms with Crippen molar-refractivity contribution in [1.82, 2.24) is 4.90 Å². The van der Waals surface area contributed by atoms with Gasteiger partial charge in [-0.25, -0.2) is 0 Å². The molecule has 0 saturated carbocycles. The van der Waals surface area contributed by atoms with Gasteiger partial charge in [0.1, 0.15) is 0 Å². The van der Waals surface area contributed by atoms with Crippen molar-refractivity contribution in [2.24, 2.45) is 11.7 Å². The maximum absolute atomic E-state index is 12.8. The monoisotopic (exact) mass is 330 g/mol. The topological polar surface area (TPSA) is 46.3 Å². The van der Waals surface area contributed by atoms with Crippen LogP contribution in [0.25, 0.3) is 0 Å². The Hall–Kier alpha value is -1.84. The molecule has 0 radical (unpaired) electrons. The minimum Gasteiger partial charge on any atom is -0.339 e. The smallest absolute Gasteiger partial charge is 0.227 e. The third kappa shape index (κ3) is 4.12. The zero-order chi connectivity index (χ0) is 17.0. The summed E-state index contributed by atoms with van der Waals surface area (Å²) in [7, 11) is 1.81. The molecule has 122 valence electrons. The molecule has 23 heavy (non-hydrogen) atoms. The van der Waals surface area contributed by atoms with E-state index in [1.165, 1.54) is 0 Å². The Morgan fingerprint density at radius 1 is 1.04 bits per heavy atom. The number of rotatable bonds is 5. The first-order valence-corrected chi connectivity index (χ1v) is 8.12. The number of benzene rings is 2. The molecule has 0 aliphatic carbocycles. The number of nitrogens with two attached hydrogens (primary N) is 1. The molecule has 0 aromatic heterocycles. The predicted octanol–water partition coefficient (Wildman–Crippen LogP) is 4.20. The molecule has 0 aliphatic rings. The van der Waals surface area contributed by atoms with Gasteiger partial charge in [0.05, 0.1) is 12.0 Å². The van der Waals surface area contributed by atoms with Gasteiger partial charge in [-0.15, -0.1) is 0 Å². The minimum absolute atomic E-state index is 0.0221. The van der Waals surface area contributed by atoms with Gasteiger partial charge in [0.15, 0.2) is 0 Å². The Labute approximate surface area is 143 Å². The van der Waals surface area contributed by atoms with Crippen molar-refractivity contribution in [3.8, 4) is 0 Å². The van der Waals surface area contributed by atoms with E-state index in [4.69, 9.17) is 17.3 Å². The van der Waals surface area contributed by atoms with E-state index in [0.717, 1.165) is 11.1 Å². The Kier molecular flexibility index (Phi) is 5.80. The molecule has 0 saturated heterocycles. The second-order valence-corrected chi connectivity index (χ2v) is 6.34. The van der Waals surface area contributed by atoms with E-state index in [1.807, 2.05) is 75.5 Å². The lowest BCUT2D eigenvalue weighted by Gasteiger charge is -2.30. The summed E-state index contributed by atoms with van der Waals surface area (Å²) in [5.41, 5.74) is 8.25. The first-order valence-electron chi connectivity index (χ1n) is 7.74. The van der Waals surface area contributed by atoms with Crippen molar-refractivity contribution < 1.29 is 4.79 Å².